The highest BCUT2D eigenvalue weighted by molar-refractivity contribution is 5.77. The summed E-state index contributed by atoms with van der Waals surface area (Å²) < 4.78 is 12.0. The predicted octanol–water partition coefficient (Wildman–Crippen LogP) is 3.05. The molecule has 0 saturated heterocycles. The molecule has 1 aliphatic rings. The van der Waals surface area contributed by atoms with Gasteiger partial charge in [-0.05, 0) is 36.4 Å². The molecule has 0 aliphatic carbocycles. The summed E-state index contributed by atoms with van der Waals surface area (Å²) in [5.41, 5.74) is 4.19. The van der Waals surface area contributed by atoms with Crippen molar-refractivity contribution in [1.82, 2.24) is 19.8 Å². The molecule has 7 nitrogen and oxygen atoms in total. The first-order valence-corrected chi connectivity index (χ1v) is 10.6. The number of likely N-dealkylation sites (N-methyl/N-ethyl adjacent to an activating group) is 2. The first kappa shape index (κ1) is 21.8. The molecule has 0 saturated carbocycles. The standard InChI is InChI=1S/C25H28N4O3/c1-28(2)25(30)16-31-23-9-8-18(21-12-26-17-27-13-21)10-20(23)14-29(3)15-22-11-19-6-4-5-7-24(19)32-22/h4-10,12-13,17,22H,11,14-16H2,1-3H3. The van der Waals surface area contributed by atoms with Gasteiger partial charge in [0.1, 0.15) is 23.9 Å². The summed E-state index contributed by atoms with van der Waals surface area (Å²) >= 11 is 0. The predicted molar refractivity (Wildman–Crippen MR) is 123 cm³/mol. The van der Waals surface area contributed by atoms with Crippen molar-refractivity contribution in [3.63, 3.8) is 0 Å². The van der Waals surface area contributed by atoms with Gasteiger partial charge >= 0.3 is 0 Å². The quantitative estimate of drug-likeness (QED) is 0.545. The van der Waals surface area contributed by atoms with Gasteiger partial charge in [-0.1, -0.05) is 24.3 Å². The monoisotopic (exact) mass is 432 g/mol. The second-order valence-corrected chi connectivity index (χ2v) is 8.27. The van der Waals surface area contributed by atoms with Crippen LogP contribution in [0.4, 0.5) is 0 Å². The molecule has 4 rings (SSSR count). The van der Waals surface area contributed by atoms with Gasteiger partial charge in [0.25, 0.3) is 5.91 Å². The molecule has 1 amide bonds. The van der Waals surface area contributed by atoms with E-state index in [-0.39, 0.29) is 18.6 Å². The van der Waals surface area contributed by atoms with Gasteiger partial charge in [0, 0.05) is 57.1 Å². The molecule has 0 bridgehead atoms. The van der Waals surface area contributed by atoms with Crippen LogP contribution in [0.1, 0.15) is 11.1 Å². The molecule has 2 aromatic carbocycles. The molecule has 32 heavy (non-hydrogen) atoms. The van der Waals surface area contributed by atoms with E-state index in [1.165, 1.54) is 16.8 Å². The van der Waals surface area contributed by atoms with Crippen LogP contribution in [-0.2, 0) is 17.8 Å². The zero-order valence-electron chi connectivity index (χ0n) is 18.7. The number of ether oxygens (including phenoxy) is 2. The third-order valence-electron chi connectivity index (χ3n) is 5.47. The fourth-order valence-corrected chi connectivity index (χ4v) is 3.80. The highest BCUT2D eigenvalue weighted by Crippen LogP contribution is 2.30. The molecule has 166 valence electrons. The zero-order valence-corrected chi connectivity index (χ0v) is 18.7. The van der Waals surface area contributed by atoms with Crippen molar-refractivity contribution in [3.8, 4) is 22.6 Å². The number of nitrogens with zero attached hydrogens (tertiary/aromatic N) is 4. The van der Waals surface area contributed by atoms with Gasteiger partial charge in [-0.2, -0.15) is 0 Å². The smallest absolute Gasteiger partial charge is 0.259 e. The number of para-hydroxylation sites is 1. The first-order valence-electron chi connectivity index (χ1n) is 10.6. The van der Waals surface area contributed by atoms with Crippen molar-refractivity contribution in [2.75, 3.05) is 34.3 Å². The van der Waals surface area contributed by atoms with Crippen molar-refractivity contribution in [3.05, 3.63) is 72.3 Å². The number of rotatable bonds is 8. The molecule has 0 radical (unpaired) electrons. The summed E-state index contributed by atoms with van der Waals surface area (Å²) in [6.45, 7) is 1.44. The van der Waals surface area contributed by atoms with E-state index in [1.54, 1.807) is 26.5 Å². The lowest BCUT2D eigenvalue weighted by Crippen LogP contribution is -2.32. The van der Waals surface area contributed by atoms with E-state index >= 15 is 0 Å². The van der Waals surface area contributed by atoms with Crippen molar-refractivity contribution in [2.24, 2.45) is 0 Å². The van der Waals surface area contributed by atoms with E-state index in [0.717, 1.165) is 35.4 Å². The summed E-state index contributed by atoms with van der Waals surface area (Å²) in [4.78, 5) is 24.0. The van der Waals surface area contributed by atoms with E-state index in [4.69, 9.17) is 9.47 Å². The molecular formula is C25H28N4O3. The van der Waals surface area contributed by atoms with Crippen molar-refractivity contribution >= 4 is 5.91 Å². The summed E-state index contributed by atoms with van der Waals surface area (Å²) in [5.74, 6) is 1.59. The molecule has 1 aromatic heterocycles. The summed E-state index contributed by atoms with van der Waals surface area (Å²) in [7, 11) is 5.51. The third kappa shape index (κ3) is 5.23. The number of benzene rings is 2. The molecule has 0 spiro atoms. The van der Waals surface area contributed by atoms with E-state index < -0.39 is 0 Å². The fraction of sp³-hybridized carbons (Fsp3) is 0.320. The van der Waals surface area contributed by atoms with E-state index in [9.17, 15) is 4.79 Å². The lowest BCUT2D eigenvalue weighted by molar-refractivity contribution is -0.130. The summed E-state index contributed by atoms with van der Waals surface area (Å²) in [5, 5.41) is 0. The number of amides is 1. The number of hydrogen-bond acceptors (Lipinski definition) is 6. The van der Waals surface area contributed by atoms with Crippen molar-refractivity contribution < 1.29 is 14.3 Å². The Morgan fingerprint density at radius 1 is 1.09 bits per heavy atom. The minimum absolute atomic E-state index is 0.00143. The molecule has 1 atom stereocenters. The number of carbonyl (C=O) groups excluding carboxylic acids is 1. The van der Waals surface area contributed by atoms with Crippen LogP contribution in [0.3, 0.4) is 0 Å². The molecule has 1 unspecified atom stereocenters. The average Bonchev–Trinajstić information content (AvgIpc) is 3.20. The maximum atomic E-state index is 12.0. The van der Waals surface area contributed by atoms with Crippen LogP contribution in [0.25, 0.3) is 11.1 Å². The molecule has 7 heteroatoms. The Hall–Kier alpha value is -3.45. The van der Waals surface area contributed by atoms with Gasteiger partial charge in [-0.15, -0.1) is 0 Å². The SMILES string of the molecule is CN(Cc1cc(-c2cncnc2)ccc1OCC(=O)N(C)C)CC1Cc2ccccc2O1. The lowest BCUT2D eigenvalue weighted by atomic mass is 10.0. The normalized spacial score (nSPS) is 14.7. The number of carbonyl (C=O) groups is 1. The maximum absolute atomic E-state index is 12.0. The van der Waals surface area contributed by atoms with Crippen molar-refractivity contribution in [1.29, 1.82) is 0 Å². The Morgan fingerprint density at radius 3 is 2.62 bits per heavy atom. The van der Waals surface area contributed by atoms with Gasteiger partial charge < -0.3 is 14.4 Å². The Bertz CT molecular complexity index is 1050. The van der Waals surface area contributed by atoms with Gasteiger partial charge in [-0.3, -0.25) is 9.69 Å². The second-order valence-electron chi connectivity index (χ2n) is 8.27. The van der Waals surface area contributed by atoms with Crippen LogP contribution in [0, 0.1) is 0 Å². The molecule has 0 N–H and O–H groups in total. The largest absolute Gasteiger partial charge is 0.488 e. The Labute approximate surface area is 188 Å². The molecule has 3 aromatic rings. The van der Waals surface area contributed by atoms with Crippen LogP contribution in [0.15, 0.2) is 61.2 Å². The summed E-state index contributed by atoms with van der Waals surface area (Å²) in [6, 6.07) is 14.1. The highest BCUT2D eigenvalue weighted by atomic mass is 16.5. The van der Waals surface area contributed by atoms with Gasteiger partial charge in [-0.25, -0.2) is 9.97 Å². The molecule has 0 fully saturated rings. The topological polar surface area (TPSA) is 67.8 Å². The Morgan fingerprint density at radius 2 is 1.88 bits per heavy atom. The van der Waals surface area contributed by atoms with E-state index in [1.807, 2.05) is 30.3 Å². The second kappa shape index (κ2) is 9.78. The van der Waals surface area contributed by atoms with Gasteiger partial charge in [0.15, 0.2) is 6.61 Å². The molecule has 1 aliphatic heterocycles. The molecule has 2 heterocycles. The van der Waals surface area contributed by atoms with Crippen molar-refractivity contribution in [2.45, 2.75) is 19.1 Å². The van der Waals surface area contributed by atoms with Crippen LogP contribution in [0.5, 0.6) is 11.5 Å². The molecular weight excluding hydrogens is 404 g/mol. The minimum Gasteiger partial charge on any atom is -0.488 e. The van der Waals surface area contributed by atoms with Crippen LogP contribution < -0.4 is 9.47 Å². The van der Waals surface area contributed by atoms with E-state index in [0.29, 0.717) is 12.3 Å². The third-order valence-corrected chi connectivity index (χ3v) is 5.47. The fourth-order valence-electron chi connectivity index (χ4n) is 3.80. The maximum Gasteiger partial charge on any atom is 0.259 e. The van der Waals surface area contributed by atoms with Gasteiger partial charge in [0.2, 0.25) is 0 Å². The highest BCUT2D eigenvalue weighted by Gasteiger charge is 2.24. The van der Waals surface area contributed by atoms with Crippen LogP contribution in [0.2, 0.25) is 0 Å². The summed E-state index contributed by atoms with van der Waals surface area (Å²) in [6.07, 6.45) is 6.11. The average molecular weight is 433 g/mol. The lowest BCUT2D eigenvalue weighted by Gasteiger charge is -2.23. The van der Waals surface area contributed by atoms with Crippen LogP contribution >= 0.6 is 0 Å². The number of fused-ring (bicyclic) bond motifs is 1. The minimum atomic E-state index is -0.0815. The van der Waals surface area contributed by atoms with Gasteiger partial charge in [0.05, 0.1) is 0 Å². The zero-order chi connectivity index (χ0) is 22.5. The van der Waals surface area contributed by atoms with E-state index in [2.05, 4.69) is 34.0 Å². The van der Waals surface area contributed by atoms with Crippen LogP contribution in [-0.4, -0.2) is 66.1 Å². The number of aromatic nitrogens is 2. The Kier molecular flexibility index (Phi) is 6.66. The Balaban J connectivity index is 1.49. The number of hydrogen-bond donors (Lipinski definition) is 0. The first-order chi connectivity index (χ1) is 15.5.